The van der Waals surface area contributed by atoms with E-state index in [1.807, 2.05) is 0 Å². The lowest BCUT2D eigenvalue weighted by Gasteiger charge is -2.31. The molecule has 0 amide bonds. The summed E-state index contributed by atoms with van der Waals surface area (Å²) in [5.41, 5.74) is -0.0473. The maximum atomic E-state index is 6.14. The molecule has 108 valence electrons. The molecule has 0 aromatic rings. The Bertz CT molecular complexity index is 260. The molecule has 1 N–H and O–H groups in total. The van der Waals surface area contributed by atoms with Gasteiger partial charge in [0.25, 0.3) is 0 Å². The zero-order valence-electron chi connectivity index (χ0n) is 13.6. The second-order valence-corrected chi connectivity index (χ2v) is 7.78. The third kappa shape index (κ3) is 3.96. The van der Waals surface area contributed by atoms with Crippen molar-refractivity contribution in [3.63, 3.8) is 0 Å². The maximum absolute atomic E-state index is 6.14. The van der Waals surface area contributed by atoms with E-state index in [4.69, 9.17) is 4.74 Å². The van der Waals surface area contributed by atoms with Crippen molar-refractivity contribution in [2.45, 2.75) is 79.1 Å². The first-order chi connectivity index (χ1) is 8.05. The van der Waals surface area contributed by atoms with Crippen molar-refractivity contribution in [2.24, 2.45) is 17.8 Å². The minimum Gasteiger partial charge on any atom is -0.368 e. The third-order valence-corrected chi connectivity index (χ3v) is 4.39. The van der Waals surface area contributed by atoms with E-state index in [0.717, 1.165) is 30.7 Å². The molecule has 2 nitrogen and oxygen atoms in total. The van der Waals surface area contributed by atoms with Gasteiger partial charge in [0.15, 0.2) is 0 Å². The fourth-order valence-electron chi connectivity index (χ4n) is 3.40. The van der Waals surface area contributed by atoms with E-state index >= 15 is 0 Å². The summed E-state index contributed by atoms with van der Waals surface area (Å²) >= 11 is 0. The van der Waals surface area contributed by atoms with Gasteiger partial charge >= 0.3 is 0 Å². The summed E-state index contributed by atoms with van der Waals surface area (Å²) in [6.07, 6.45) is 1.10. The summed E-state index contributed by atoms with van der Waals surface area (Å²) < 4.78 is 6.14. The van der Waals surface area contributed by atoms with Crippen LogP contribution in [0.4, 0.5) is 0 Å². The summed E-state index contributed by atoms with van der Waals surface area (Å²) in [7, 11) is 0. The van der Waals surface area contributed by atoms with E-state index in [9.17, 15) is 0 Å². The van der Waals surface area contributed by atoms with Gasteiger partial charge < -0.3 is 10.1 Å². The number of hydrogen-bond acceptors (Lipinski definition) is 2. The van der Waals surface area contributed by atoms with E-state index < -0.39 is 0 Å². The van der Waals surface area contributed by atoms with Gasteiger partial charge in [-0.05, 0) is 58.4 Å². The van der Waals surface area contributed by atoms with Crippen molar-refractivity contribution >= 4 is 0 Å². The summed E-state index contributed by atoms with van der Waals surface area (Å²) in [5, 5.41) is 3.77. The smallest absolute Gasteiger partial charge is 0.0787 e. The highest BCUT2D eigenvalue weighted by Gasteiger charge is 2.45. The van der Waals surface area contributed by atoms with Gasteiger partial charge in [0.2, 0.25) is 0 Å². The number of rotatable bonds is 5. The van der Waals surface area contributed by atoms with Crippen LogP contribution in [0.5, 0.6) is 0 Å². The van der Waals surface area contributed by atoms with Crippen LogP contribution in [0.3, 0.4) is 0 Å². The van der Waals surface area contributed by atoms with Gasteiger partial charge in [-0.3, -0.25) is 0 Å². The van der Waals surface area contributed by atoms with Gasteiger partial charge in [-0.15, -0.1) is 0 Å². The average molecular weight is 255 g/mol. The Balaban J connectivity index is 2.58. The highest BCUT2D eigenvalue weighted by atomic mass is 16.5. The van der Waals surface area contributed by atoms with E-state index in [0.29, 0.717) is 6.04 Å². The van der Waals surface area contributed by atoms with Crippen LogP contribution >= 0.6 is 0 Å². The zero-order valence-corrected chi connectivity index (χ0v) is 13.6. The molecule has 0 saturated carbocycles. The monoisotopic (exact) mass is 255 g/mol. The fourth-order valence-corrected chi connectivity index (χ4v) is 3.40. The van der Waals surface area contributed by atoms with Crippen LogP contribution in [-0.4, -0.2) is 23.8 Å². The highest BCUT2D eigenvalue weighted by Crippen LogP contribution is 2.37. The normalized spacial score (nSPS) is 26.5. The molecule has 1 fully saturated rings. The molecular formula is C16H33NO. The lowest BCUT2D eigenvalue weighted by Crippen LogP contribution is -2.46. The summed E-state index contributed by atoms with van der Waals surface area (Å²) in [5.74, 6) is 2.20. The second-order valence-electron chi connectivity index (χ2n) is 7.78. The minimum atomic E-state index is -0.0536. The first-order valence-electron chi connectivity index (χ1n) is 7.49. The largest absolute Gasteiger partial charge is 0.368 e. The van der Waals surface area contributed by atoms with Crippen LogP contribution in [0.2, 0.25) is 0 Å². The molecule has 1 unspecified atom stereocenters. The number of nitrogens with one attached hydrogen (secondary N) is 1. The number of hydrogen-bond donors (Lipinski definition) is 1. The standard InChI is InChI=1S/C16H33NO/c1-11(2)13(12(3)4)10-17-14-9-15(5,6)18-16(14,7)8/h11-14,17H,9-10H2,1-8H3. The molecule has 1 aliphatic rings. The molecule has 0 aromatic heterocycles. The van der Waals surface area contributed by atoms with Gasteiger partial charge in [-0.1, -0.05) is 27.7 Å². The van der Waals surface area contributed by atoms with Gasteiger partial charge in [-0.25, -0.2) is 0 Å². The summed E-state index contributed by atoms with van der Waals surface area (Å²) in [4.78, 5) is 0. The molecule has 0 aromatic carbocycles. The number of ether oxygens (including phenoxy) is 1. The second kappa shape index (κ2) is 5.50. The molecule has 1 saturated heterocycles. The van der Waals surface area contributed by atoms with Crippen molar-refractivity contribution in [1.29, 1.82) is 0 Å². The van der Waals surface area contributed by atoms with Gasteiger partial charge in [-0.2, -0.15) is 0 Å². The summed E-state index contributed by atoms with van der Waals surface area (Å²) in [6, 6.07) is 0.465. The molecule has 0 radical (unpaired) electrons. The van der Waals surface area contributed by atoms with Crippen LogP contribution in [-0.2, 0) is 4.74 Å². The molecule has 0 bridgehead atoms. The molecule has 1 aliphatic heterocycles. The van der Waals surface area contributed by atoms with Crippen molar-refractivity contribution < 1.29 is 4.74 Å². The molecule has 2 heteroatoms. The van der Waals surface area contributed by atoms with Crippen molar-refractivity contribution in [1.82, 2.24) is 5.32 Å². The zero-order chi connectivity index (χ0) is 14.1. The van der Waals surface area contributed by atoms with E-state index in [-0.39, 0.29) is 11.2 Å². The van der Waals surface area contributed by atoms with Crippen LogP contribution in [0.15, 0.2) is 0 Å². The van der Waals surface area contributed by atoms with E-state index in [1.165, 1.54) is 0 Å². The van der Waals surface area contributed by atoms with Gasteiger partial charge in [0.1, 0.15) is 0 Å². The maximum Gasteiger partial charge on any atom is 0.0787 e. The Morgan fingerprint density at radius 2 is 1.56 bits per heavy atom. The molecule has 1 heterocycles. The third-order valence-electron chi connectivity index (χ3n) is 4.39. The Kier molecular flexibility index (Phi) is 4.88. The fraction of sp³-hybridized carbons (Fsp3) is 1.00. The Morgan fingerprint density at radius 3 is 1.89 bits per heavy atom. The minimum absolute atomic E-state index is 0.00627. The first kappa shape index (κ1) is 16.0. The Labute approximate surface area is 114 Å². The van der Waals surface area contributed by atoms with E-state index in [1.54, 1.807) is 0 Å². The van der Waals surface area contributed by atoms with Crippen LogP contribution in [0.1, 0.15) is 61.8 Å². The molecule has 18 heavy (non-hydrogen) atoms. The topological polar surface area (TPSA) is 21.3 Å². The molecule has 1 atom stereocenters. The molecule has 0 spiro atoms. The van der Waals surface area contributed by atoms with Crippen LogP contribution in [0, 0.1) is 17.8 Å². The van der Waals surface area contributed by atoms with Gasteiger partial charge in [0.05, 0.1) is 11.2 Å². The molecular weight excluding hydrogens is 222 g/mol. The average Bonchev–Trinajstić information content (AvgIpc) is 2.33. The first-order valence-corrected chi connectivity index (χ1v) is 7.49. The lowest BCUT2D eigenvalue weighted by atomic mass is 9.84. The predicted molar refractivity (Wildman–Crippen MR) is 78.8 cm³/mol. The van der Waals surface area contributed by atoms with Crippen molar-refractivity contribution in [3.05, 3.63) is 0 Å². The Hall–Kier alpha value is -0.0800. The molecule has 1 rings (SSSR count). The highest BCUT2D eigenvalue weighted by molar-refractivity contribution is 4.99. The van der Waals surface area contributed by atoms with E-state index in [2.05, 4.69) is 60.7 Å². The summed E-state index contributed by atoms with van der Waals surface area (Å²) in [6.45, 7) is 19.2. The van der Waals surface area contributed by atoms with Crippen molar-refractivity contribution in [2.75, 3.05) is 6.54 Å². The molecule has 0 aliphatic carbocycles. The predicted octanol–water partition coefficient (Wildman–Crippen LogP) is 3.85. The SMILES string of the molecule is CC(C)C(CNC1CC(C)(C)OC1(C)C)C(C)C. The van der Waals surface area contributed by atoms with Crippen LogP contribution in [0.25, 0.3) is 0 Å². The Morgan fingerprint density at radius 1 is 1.06 bits per heavy atom. The van der Waals surface area contributed by atoms with Crippen LogP contribution < -0.4 is 5.32 Å². The van der Waals surface area contributed by atoms with Crippen molar-refractivity contribution in [3.8, 4) is 0 Å². The lowest BCUT2D eigenvalue weighted by molar-refractivity contribution is -0.0701. The van der Waals surface area contributed by atoms with Gasteiger partial charge in [0, 0.05) is 6.04 Å². The quantitative estimate of drug-likeness (QED) is 0.805.